The molecule has 30 heavy (non-hydrogen) atoms. The third-order valence-electron chi connectivity index (χ3n) is 5.55. The zero-order chi connectivity index (χ0) is 21.1. The van der Waals surface area contributed by atoms with Gasteiger partial charge in [-0.05, 0) is 30.9 Å². The Bertz CT molecular complexity index is 1120. The smallest absolute Gasteiger partial charge is 0.321 e. The van der Waals surface area contributed by atoms with E-state index < -0.39 is 17.5 Å². The minimum absolute atomic E-state index is 0.0658. The summed E-state index contributed by atoms with van der Waals surface area (Å²) >= 11 is 0. The Kier molecular flexibility index (Phi) is 5.60. The van der Waals surface area contributed by atoms with Crippen LogP contribution in [0.3, 0.4) is 0 Å². The quantitative estimate of drug-likeness (QED) is 0.686. The predicted molar refractivity (Wildman–Crippen MR) is 111 cm³/mol. The molecule has 1 saturated carbocycles. The molecular formula is C21H24N6O3. The summed E-state index contributed by atoms with van der Waals surface area (Å²) < 4.78 is 2.74. The Morgan fingerprint density at radius 3 is 2.70 bits per heavy atom. The van der Waals surface area contributed by atoms with Crippen molar-refractivity contribution in [2.45, 2.75) is 45.2 Å². The third-order valence-corrected chi connectivity index (χ3v) is 5.55. The molecule has 0 saturated heterocycles. The number of carbonyl (C=O) groups is 2. The topological polar surface area (TPSA) is 111 Å². The van der Waals surface area contributed by atoms with E-state index in [0.29, 0.717) is 17.0 Å². The van der Waals surface area contributed by atoms with Crippen molar-refractivity contribution in [3.8, 4) is 5.69 Å². The Labute approximate surface area is 173 Å². The Balaban J connectivity index is 1.45. The number of benzene rings is 1. The first-order chi connectivity index (χ1) is 14.5. The van der Waals surface area contributed by atoms with Gasteiger partial charge in [-0.25, -0.2) is 14.5 Å². The number of carbonyl (C=O) groups excluding carboxylic acids is 2. The van der Waals surface area contributed by atoms with Crippen LogP contribution in [0, 0.1) is 5.92 Å². The molecule has 2 atom stereocenters. The average molecular weight is 408 g/mol. The van der Waals surface area contributed by atoms with Gasteiger partial charge in [0.1, 0.15) is 18.3 Å². The number of hydrogen-bond acceptors (Lipinski definition) is 5. The zero-order valence-electron chi connectivity index (χ0n) is 16.7. The molecular weight excluding hydrogens is 384 g/mol. The van der Waals surface area contributed by atoms with E-state index in [1.807, 2.05) is 30.3 Å². The average Bonchev–Trinajstić information content (AvgIpc) is 3.17. The normalized spacial score (nSPS) is 18.8. The van der Waals surface area contributed by atoms with Crippen LogP contribution >= 0.6 is 0 Å². The second-order valence-electron chi connectivity index (χ2n) is 7.70. The van der Waals surface area contributed by atoms with Crippen LogP contribution in [-0.2, 0) is 11.3 Å². The summed E-state index contributed by atoms with van der Waals surface area (Å²) in [6, 6.07) is 8.88. The molecule has 1 aliphatic rings. The van der Waals surface area contributed by atoms with Crippen LogP contribution in [0.5, 0.6) is 0 Å². The fourth-order valence-electron chi connectivity index (χ4n) is 3.88. The number of nitrogens with zero attached hydrogens (tertiary/aromatic N) is 4. The fourth-order valence-corrected chi connectivity index (χ4v) is 3.88. The molecule has 0 aliphatic heterocycles. The summed E-state index contributed by atoms with van der Waals surface area (Å²) in [7, 11) is 0. The molecule has 1 aliphatic carbocycles. The summed E-state index contributed by atoms with van der Waals surface area (Å²) in [5.41, 5.74) is 0.800. The minimum Gasteiger partial charge on any atom is -0.335 e. The maximum Gasteiger partial charge on any atom is 0.321 e. The number of rotatable bonds is 4. The van der Waals surface area contributed by atoms with Crippen LogP contribution in [0.4, 0.5) is 4.79 Å². The maximum absolute atomic E-state index is 12.7. The summed E-state index contributed by atoms with van der Waals surface area (Å²) in [5, 5.41) is 9.71. The lowest BCUT2D eigenvalue weighted by atomic mass is 9.86. The highest BCUT2D eigenvalue weighted by molar-refractivity contribution is 5.94. The van der Waals surface area contributed by atoms with Gasteiger partial charge in [-0.2, -0.15) is 5.10 Å². The predicted octanol–water partition coefficient (Wildman–Crippen LogP) is 1.99. The highest BCUT2D eigenvalue weighted by atomic mass is 16.2. The van der Waals surface area contributed by atoms with Gasteiger partial charge < -0.3 is 5.32 Å². The van der Waals surface area contributed by atoms with Gasteiger partial charge in [-0.1, -0.05) is 38.0 Å². The molecule has 0 radical (unpaired) electrons. The Hall–Kier alpha value is -3.49. The SMILES string of the molecule is C[C@H]1CCCC[C@@H]1NC(=O)NC(=O)Cn1cnc2c(cnn2-c2ccccc2)c1=O. The van der Waals surface area contributed by atoms with Gasteiger partial charge in [0.15, 0.2) is 5.65 Å². The van der Waals surface area contributed by atoms with Gasteiger partial charge in [-0.15, -0.1) is 0 Å². The van der Waals surface area contributed by atoms with E-state index in [0.717, 1.165) is 24.9 Å². The van der Waals surface area contributed by atoms with Crippen LogP contribution in [0.25, 0.3) is 16.7 Å². The fraction of sp³-hybridized carbons (Fsp3) is 0.381. The molecule has 1 fully saturated rings. The van der Waals surface area contributed by atoms with Crippen molar-refractivity contribution in [1.82, 2.24) is 30.0 Å². The molecule has 156 valence electrons. The molecule has 9 heteroatoms. The maximum atomic E-state index is 12.7. The molecule has 4 rings (SSSR count). The van der Waals surface area contributed by atoms with Crippen molar-refractivity contribution in [3.63, 3.8) is 0 Å². The molecule has 2 aromatic heterocycles. The van der Waals surface area contributed by atoms with Crippen LogP contribution in [0.1, 0.15) is 32.6 Å². The largest absolute Gasteiger partial charge is 0.335 e. The number of imide groups is 1. The van der Waals surface area contributed by atoms with E-state index in [9.17, 15) is 14.4 Å². The van der Waals surface area contributed by atoms with E-state index in [2.05, 4.69) is 27.6 Å². The summed E-state index contributed by atoms with van der Waals surface area (Å²) in [5.74, 6) is -0.190. The zero-order valence-corrected chi connectivity index (χ0v) is 16.7. The minimum atomic E-state index is -0.574. The van der Waals surface area contributed by atoms with E-state index in [1.54, 1.807) is 4.68 Å². The Morgan fingerprint density at radius 2 is 1.93 bits per heavy atom. The number of hydrogen-bond donors (Lipinski definition) is 2. The lowest BCUT2D eigenvalue weighted by molar-refractivity contribution is -0.120. The molecule has 3 amide bonds. The first kappa shape index (κ1) is 19.8. The van der Waals surface area contributed by atoms with Gasteiger partial charge in [0.25, 0.3) is 5.56 Å². The first-order valence-corrected chi connectivity index (χ1v) is 10.1. The lowest BCUT2D eigenvalue weighted by Crippen LogP contribution is -2.48. The van der Waals surface area contributed by atoms with Crippen molar-refractivity contribution >= 4 is 23.0 Å². The van der Waals surface area contributed by atoms with Crippen LogP contribution in [-0.4, -0.2) is 37.3 Å². The van der Waals surface area contributed by atoms with E-state index >= 15 is 0 Å². The number of urea groups is 1. The highest BCUT2D eigenvalue weighted by Crippen LogP contribution is 2.23. The van der Waals surface area contributed by atoms with Crippen molar-refractivity contribution in [2.75, 3.05) is 0 Å². The third kappa shape index (κ3) is 4.10. The number of aromatic nitrogens is 4. The number of amides is 3. The second kappa shape index (κ2) is 8.48. The molecule has 2 heterocycles. The molecule has 3 aromatic rings. The molecule has 1 aromatic carbocycles. The standard InChI is InChI=1S/C21H24N6O3/c1-14-7-5-6-10-17(14)24-21(30)25-18(28)12-26-13-22-19-16(20(26)29)11-23-27(19)15-8-3-2-4-9-15/h2-4,8-9,11,13-14,17H,5-7,10,12H2,1H3,(H2,24,25,28,30)/t14-,17-/m0/s1. The summed E-state index contributed by atoms with van der Waals surface area (Å²) in [6.45, 7) is 1.80. The van der Waals surface area contributed by atoms with Crippen LogP contribution < -0.4 is 16.2 Å². The molecule has 0 bridgehead atoms. The molecule has 9 nitrogen and oxygen atoms in total. The van der Waals surface area contributed by atoms with Gasteiger partial charge >= 0.3 is 6.03 Å². The number of nitrogens with one attached hydrogen (secondary N) is 2. The second-order valence-corrected chi connectivity index (χ2v) is 7.70. The summed E-state index contributed by atoms with van der Waals surface area (Å²) in [6.07, 6.45) is 6.95. The van der Waals surface area contributed by atoms with Crippen molar-refractivity contribution < 1.29 is 9.59 Å². The molecule has 0 unspecified atom stereocenters. The van der Waals surface area contributed by atoms with E-state index in [4.69, 9.17) is 0 Å². The first-order valence-electron chi connectivity index (χ1n) is 10.1. The van der Waals surface area contributed by atoms with Gasteiger partial charge in [-0.3, -0.25) is 19.5 Å². The molecule has 0 spiro atoms. The van der Waals surface area contributed by atoms with Crippen LogP contribution in [0.2, 0.25) is 0 Å². The van der Waals surface area contributed by atoms with Crippen molar-refractivity contribution in [3.05, 3.63) is 53.2 Å². The van der Waals surface area contributed by atoms with Crippen molar-refractivity contribution in [2.24, 2.45) is 5.92 Å². The Morgan fingerprint density at radius 1 is 1.17 bits per heavy atom. The highest BCUT2D eigenvalue weighted by Gasteiger charge is 2.23. The van der Waals surface area contributed by atoms with Crippen molar-refractivity contribution in [1.29, 1.82) is 0 Å². The lowest BCUT2D eigenvalue weighted by Gasteiger charge is -2.29. The van der Waals surface area contributed by atoms with E-state index in [-0.39, 0.29) is 12.6 Å². The summed E-state index contributed by atoms with van der Waals surface area (Å²) in [4.78, 5) is 41.5. The van der Waals surface area contributed by atoms with Gasteiger partial charge in [0, 0.05) is 6.04 Å². The monoisotopic (exact) mass is 408 g/mol. The number of para-hydroxylation sites is 1. The van der Waals surface area contributed by atoms with E-state index in [1.165, 1.54) is 23.5 Å². The van der Waals surface area contributed by atoms with Gasteiger partial charge in [0.05, 0.1) is 11.9 Å². The number of fused-ring (bicyclic) bond motifs is 1. The molecule has 2 N–H and O–H groups in total. The van der Waals surface area contributed by atoms with Gasteiger partial charge in [0.2, 0.25) is 5.91 Å². The van der Waals surface area contributed by atoms with Crippen LogP contribution in [0.15, 0.2) is 47.7 Å².